The van der Waals surface area contributed by atoms with E-state index in [-0.39, 0.29) is 47.7 Å². The van der Waals surface area contributed by atoms with Crippen molar-refractivity contribution < 1.29 is 30.7 Å². The van der Waals surface area contributed by atoms with Crippen molar-refractivity contribution in [1.29, 1.82) is 0 Å². The van der Waals surface area contributed by atoms with Crippen molar-refractivity contribution in [2.45, 2.75) is 23.1 Å². The zero-order valence-electron chi connectivity index (χ0n) is 17.8. The van der Waals surface area contributed by atoms with E-state index in [1.165, 1.54) is 35.2 Å². The Morgan fingerprint density at radius 2 is 2.00 bits per heavy atom. The lowest BCUT2D eigenvalue weighted by Gasteiger charge is -2.23. The molecule has 3 aromatic rings. The van der Waals surface area contributed by atoms with Crippen molar-refractivity contribution in [3.05, 3.63) is 60.2 Å². The fourth-order valence-corrected chi connectivity index (χ4v) is 5.18. The number of rotatable bonds is 6. The largest absolute Gasteiger partial charge is 0.416 e. The highest BCUT2D eigenvalue weighted by atomic mass is 32.2. The van der Waals surface area contributed by atoms with Gasteiger partial charge in [-0.05, 0) is 35.9 Å². The molecule has 34 heavy (non-hydrogen) atoms. The van der Waals surface area contributed by atoms with Gasteiger partial charge in [0, 0.05) is 25.2 Å². The predicted molar refractivity (Wildman–Crippen MR) is 118 cm³/mol. The summed E-state index contributed by atoms with van der Waals surface area (Å²) in [6.45, 7) is 0.587. The van der Waals surface area contributed by atoms with Gasteiger partial charge in [0.25, 0.3) is 0 Å². The minimum atomic E-state index is -4.65. The number of morpholine rings is 1. The lowest BCUT2D eigenvalue weighted by atomic mass is 10.0. The molecule has 0 bridgehead atoms. The maximum absolute atomic E-state index is 14.0. The molecule has 1 aliphatic rings. The zero-order chi connectivity index (χ0) is 24.5. The Balaban J connectivity index is 1.77. The molecule has 1 atom stereocenters. The van der Waals surface area contributed by atoms with Gasteiger partial charge < -0.3 is 20.4 Å². The maximum Gasteiger partial charge on any atom is 0.416 e. The highest BCUT2D eigenvalue weighted by Crippen LogP contribution is 2.37. The Morgan fingerprint density at radius 1 is 1.26 bits per heavy atom. The number of hydrogen-bond acceptors (Lipinski definition) is 6. The summed E-state index contributed by atoms with van der Waals surface area (Å²) >= 11 is 0. The van der Waals surface area contributed by atoms with Crippen LogP contribution in [0.1, 0.15) is 5.56 Å². The van der Waals surface area contributed by atoms with Gasteiger partial charge in [-0.15, -0.1) is 0 Å². The summed E-state index contributed by atoms with van der Waals surface area (Å²) in [5.74, 6) is -0.602. The van der Waals surface area contributed by atoms with Gasteiger partial charge in [0.15, 0.2) is 5.44 Å². The van der Waals surface area contributed by atoms with Crippen LogP contribution in [0, 0.1) is 0 Å². The molecule has 0 spiro atoms. The van der Waals surface area contributed by atoms with Gasteiger partial charge in [-0.25, -0.2) is 17.8 Å². The normalized spacial score (nSPS) is 17.9. The molecule has 1 aliphatic heterocycles. The molecule has 3 N–H and O–H groups in total. The van der Waals surface area contributed by atoms with Crippen LogP contribution in [0.2, 0.25) is 0 Å². The Kier molecular flexibility index (Phi) is 6.76. The number of fused-ring (bicyclic) bond motifs is 1. The van der Waals surface area contributed by atoms with E-state index in [2.05, 4.69) is 10.3 Å². The fourth-order valence-electron chi connectivity index (χ4n) is 3.74. The van der Waals surface area contributed by atoms with Gasteiger partial charge in [0.05, 0.1) is 41.0 Å². The Labute approximate surface area is 193 Å². The molecule has 0 saturated carbocycles. The summed E-state index contributed by atoms with van der Waals surface area (Å²) in [5, 5.41) is 2.95. The minimum absolute atomic E-state index is 0.00677. The third-order valence-corrected chi connectivity index (χ3v) is 7.37. The molecule has 12 heteroatoms. The molecule has 1 saturated heterocycles. The second-order valence-electron chi connectivity index (χ2n) is 7.72. The van der Waals surface area contributed by atoms with Crippen molar-refractivity contribution in [2.75, 3.05) is 26.2 Å². The van der Waals surface area contributed by atoms with Crippen molar-refractivity contribution in [2.24, 2.45) is 5.73 Å². The highest BCUT2D eigenvalue weighted by molar-refractivity contribution is 7.92. The molecular formula is C22H22F4N4O3S. The number of allylic oxidation sites excluding steroid dienone is 1. The number of nitrogens with one attached hydrogen (secondary N) is 1. The molecule has 0 radical (unpaired) electrons. The molecule has 182 valence electrons. The van der Waals surface area contributed by atoms with Crippen LogP contribution in [0.15, 0.2) is 59.5 Å². The Hall–Kier alpha value is -2.80. The third kappa shape index (κ3) is 4.85. The number of benzene rings is 2. The molecule has 2 heterocycles. The maximum atomic E-state index is 14.0. The number of nitrogens with two attached hydrogens (primary N) is 1. The van der Waals surface area contributed by atoms with Crippen LogP contribution in [0.3, 0.4) is 0 Å². The Bertz CT molecular complexity index is 1310. The first-order chi connectivity index (χ1) is 16.1. The SMILES string of the molecule is NC/C=C(\F)Cn1cnc2c(-c3ccc(S(=O)(=O)C4CNCCO4)cc3)cc(C(F)(F)F)cc21. The summed E-state index contributed by atoms with van der Waals surface area (Å²) in [4.78, 5) is 4.19. The molecule has 1 unspecified atom stereocenters. The first-order valence-corrected chi connectivity index (χ1v) is 11.9. The molecule has 1 aromatic heterocycles. The van der Waals surface area contributed by atoms with E-state index in [1.54, 1.807) is 0 Å². The van der Waals surface area contributed by atoms with Crippen LogP contribution >= 0.6 is 0 Å². The molecular weight excluding hydrogens is 476 g/mol. The number of alkyl halides is 3. The van der Waals surface area contributed by atoms with Crippen LogP contribution in [0.25, 0.3) is 22.2 Å². The van der Waals surface area contributed by atoms with Crippen molar-refractivity contribution >= 4 is 20.9 Å². The topological polar surface area (TPSA) is 99.2 Å². The number of ether oxygens (including phenoxy) is 1. The number of aromatic nitrogens is 2. The van der Waals surface area contributed by atoms with Crippen LogP contribution in [-0.4, -0.2) is 49.6 Å². The first kappa shape index (κ1) is 24.3. The fraction of sp³-hybridized carbons (Fsp3) is 0.318. The average molecular weight is 499 g/mol. The van der Waals surface area contributed by atoms with E-state index >= 15 is 0 Å². The number of nitrogens with zero attached hydrogens (tertiary/aromatic N) is 2. The summed E-state index contributed by atoms with van der Waals surface area (Å²) in [6.07, 6.45) is -2.27. The van der Waals surface area contributed by atoms with E-state index in [0.717, 1.165) is 18.2 Å². The average Bonchev–Trinajstić information content (AvgIpc) is 3.21. The van der Waals surface area contributed by atoms with Gasteiger partial charge >= 0.3 is 6.18 Å². The first-order valence-electron chi connectivity index (χ1n) is 10.4. The highest BCUT2D eigenvalue weighted by Gasteiger charge is 2.33. The number of imidazole rings is 1. The minimum Gasteiger partial charge on any atom is -0.359 e. The van der Waals surface area contributed by atoms with Crippen LogP contribution < -0.4 is 11.1 Å². The van der Waals surface area contributed by atoms with Crippen LogP contribution in [-0.2, 0) is 27.3 Å². The second-order valence-corrected chi connectivity index (χ2v) is 9.81. The van der Waals surface area contributed by atoms with Crippen molar-refractivity contribution in [3.8, 4) is 11.1 Å². The number of sulfone groups is 1. The van der Waals surface area contributed by atoms with E-state index in [0.29, 0.717) is 12.1 Å². The van der Waals surface area contributed by atoms with Crippen LogP contribution in [0.4, 0.5) is 17.6 Å². The summed E-state index contributed by atoms with van der Waals surface area (Å²) in [7, 11) is -3.79. The molecule has 7 nitrogen and oxygen atoms in total. The molecule has 1 fully saturated rings. The van der Waals surface area contributed by atoms with Gasteiger partial charge in [0.1, 0.15) is 5.83 Å². The molecule has 2 aromatic carbocycles. The van der Waals surface area contributed by atoms with E-state index < -0.39 is 32.8 Å². The monoisotopic (exact) mass is 498 g/mol. The third-order valence-electron chi connectivity index (χ3n) is 5.45. The quantitative estimate of drug-likeness (QED) is 0.507. The van der Waals surface area contributed by atoms with Gasteiger partial charge in [-0.1, -0.05) is 12.1 Å². The van der Waals surface area contributed by atoms with E-state index in [4.69, 9.17) is 10.5 Å². The van der Waals surface area contributed by atoms with Gasteiger partial charge in [0.2, 0.25) is 9.84 Å². The molecule has 0 aliphatic carbocycles. The van der Waals surface area contributed by atoms with E-state index in [9.17, 15) is 26.0 Å². The predicted octanol–water partition coefficient (Wildman–Crippen LogP) is 3.25. The summed E-state index contributed by atoms with van der Waals surface area (Å²) < 4.78 is 87.1. The van der Waals surface area contributed by atoms with Gasteiger partial charge in [-0.2, -0.15) is 13.2 Å². The zero-order valence-corrected chi connectivity index (χ0v) is 18.7. The Morgan fingerprint density at radius 3 is 2.62 bits per heavy atom. The lowest BCUT2D eigenvalue weighted by molar-refractivity contribution is -0.137. The molecule has 0 amide bonds. The number of halogens is 4. The lowest BCUT2D eigenvalue weighted by Crippen LogP contribution is -2.42. The van der Waals surface area contributed by atoms with Crippen LogP contribution in [0.5, 0.6) is 0 Å². The summed E-state index contributed by atoms with van der Waals surface area (Å²) in [5.41, 5.74) is 4.12. The molecule has 4 rings (SSSR count). The standard InChI is InChI=1S/C22H22F4N4O3S/c23-16(5-6-27)12-30-13-29-21-18(9-15(10-19(21)30)22(24,25)26)14-1-3-17(4-2-14)34(31,32)20-11-28-7-8-33-20/h1-5,9-10,13,20,28H,6-8,11-12,27H2/b16-5-. The number of hydrogen-bond donors (Lipinski definition) is 2. The van der Waals surface area contributed by atoms with E-state index in [1.807, 2.05) is 0 Å². The smallest absolute Gasteiger partial charge is 0.359 e. The summed E-state index contributed by atoms with van der Waals surface area (Å²) in [6, 6.07) is 7.36. The second kappa shape index (κ2) is 9.45. The van der Waals surface area contributed by atoms with Gasteiger partial charge in [-0.3, -0.25) is 0 Å². The van der Waals surface area contributed by atoms with Crippen molar-refractivity contribution in [3.63, 3.8) is 0 Å². The van der Waals surface area contributed by atoms with Crippen molar-refractivity contribution in [1.82, 2.24) is 14.9 Å².